The van der Waals surface area contributed by atoms with Gasteiger partial charge in [0, 0.05) is 11.1 Å². The van der Waals surface area contributed by atoms with Gasteiger partial charge >= 0.3 is 5.88 Å². The van der Waals surface area contributed by atoms with Gasteiger partial charge in [0.15, 0.2) is 0 Å². The van der Waals surface area contributed by atoms with Crippen molar-refractivity contribution in [2.75, 3.05) is 0 Å². The van der Waals surface area contributed by atoms with Crippen LogP contribution in [-0.4, -0.2) is 10.1 Å². The fraction of sp³-hybridized carbons (Fsp3) is 0. The molecule has 0 unspecified atom stereocenters. The summed E-state index contributed by atoms with van der Waals surface area (Å²) in [6, 6.07) is 4.64. The normalized spacial score (nSPS) is 10.5. The molecule has 1 aromatic carbocycles. The van der Waals surface area contributed by atoms with E-state index in [-0.39, 0.29) is 0 Å². The van der Waals surface area contributed by atoms with E-state index in [4.69, 9.17) is 16.7 Å². The molecule has 5 heteroatoms. The lowest BCUT2D eigenvalue weighted by Gasteiger charge is -2.01. The van der Waals surface area contributed by atoms with Gasteiger partial charge in [-0.05, 0) is 12.1 Å². The molecule has 1 aromatic heterocycles. The Morgan fingerprint density at radius 1 is 1.46 bits per heavy atom. The largest absolute Gasteiger partial charge is 0.615 e. The monoisotopic (exact) mass is 196 g/mol. The van der Waals surface area contributed by atoms with E-state index < -0.39 is 5.88 Å². The van der Waals surface area contributed by atoms with E-state index in [1.807, 2.05) is 0 Å². The third-order valence-corrected chi connectivity index (χ3v) is 1.92. The first-order valence-corrected chi connectivity index (χ1v) is 3.93. The molecular formula is C8H5ClN2O2. The van der Waals surface area contributed by atoms with Crippen LogP contribution in [0.4, 0.5) is 0 Å². The Morgan fingerprint density at radius 3 is 3.00 bits per heavy atom. The van der Waals surface area contributed by atoms with Crippen molar-refractivity contribution < 1.29 is 9.84 Å². The zero-order chi connectivity index (χ0) is 9.42. The summed E-state index contributed by atoms with van der Waals surface area (Å²) in [6.45, 7) is 0. The van der Waals surface area contributed by atoms with Gasteiger partial charge in [0.1, 0.15) is 11.7 Å². The van der Waals surface area contributed by atoms with Crippen molar-refractivity contribution in [1.29, 1.82) is 0 Å². The number of hydrogen-bond donors (Lipinski definition) is 1. The van der Waals surface area contributed by atoms with E-state index in [1.54, 1.807) is 12.1 Å². The van der Waals surface area contributed by atoms with Gasteiger partial charge in [0.05, 0.1) is 0 Å². The van der Waals surface area contributed by atoms with Crippen LogP contribution in [0.2, 0.25) is 5.02 Å². The summed E-state index contributed by atoms with van der Waals surface area (Å²) in [5.74, 6) is -0.421. The second kappa shape index (κ2) is 2.74. The molecule has 0 bridgehead atoms. The minimum Gasteiger partial charge on any atom is -0.615 e. The molecule has 0 fully saturated rings. The Bertz CT molecular complexity index is 473. The second-order valence-corrected chi connectivity index (χ2v) is 2.98. The zero-order valence-electron chi connectivity index (χ0n) is 6.44. The molecule has 0 aliphatic heterocycles. The molecule has 66 valence electrons. The Balaban J connectivity index is 2.87. The van der Waals surface area contributed by atoms with Crippen LogP contribution < -0.4 is 4.73 Å². The summed E-state index contributed by atoms with van der Waals surface area (Å²) in [5, 5.41) is 20.8. The Labute approximate surface area is 78.6 Å². The lowest BCUT2D eigenvalue weighted by atomic mass is 10.3. The molecule has 0 atom stereocenters. The maximum absolute atomic E-state index is 11.2. The van der Waals surface area contributed by atoms with Gasteiger partial charge in [-0.3, -0.25) is 0 Å². The van der Waals surface area contributed by atoms with Crippen molar-refractivity contribution in [3.05, 3.63) is 34.6 Å². The zero-order valence-corrected chi connectivity index (χ0v) is 7.19. The molecule has 0 aliphatic rings. The van der Waals surface area contributed by atoms with Crippen LogP contribution in [-0.2, 0) is 0 Å². The Hall–Kier alpha value is -1.55. The van der Waals surface area contributed by atoms with E-state index in [2.05, 4.69) is 4.98 Å². The molecule has 1 heterocycles. The van der Waals surface area contributed by atoms with Crippen molar-refractivity contribution in [2.45, 2.75) is 0 Å². The number of nitrogens with zero attached hydrogens (tertiary/aromatic N) is 2. The summed E-state index contributed by atoms with van der Waals surface area (Å²) in [7, 11) is 0. The number of aromatic hydroxyl groups is 1. The van der Waals surface area contributed by atoms with Crippen LogP contribution in [0.5, 0.6) is 5.88 Å². The Kier molecular flexibility index (Phi) is 1.70. The number of aromatic nitrogens is 2. The van der Waals surface area contributed by atoms with Gasteiger partial charge in [-0.1, -0.05) is 11.6 Å². The molecule has 0 saturated carbocycles. The van der Waals surface area contributed by atoms with E-state index in [0.717, 1.165) is 6.20 Å². The molecule has 13 heavy (non-hydrogen) atoms. The quantitative estimate of drug-likeness (QED) is 0.509. The van der Waals surface area contributed by atoms with Crippen LogP contribution in [0.15, 0.2) is 24.4 Å². The average Bonchev–Trinajstić information content (AvgIpc) is 2.12. The molecule has 4 nitrogen and oxygen atoms in total. The molecule has 0 radical (unpaired) electrons. The Morgan fingerprint density at radius 2 is 2.23 bits per heavy atom. The first-order valence-electron chi connectivity index (χ1n) is 3.55. The molecular weight excluding hydrogens is 192 g/mol. The summed E-state index contributed by atoms with van der Waals surface area (Å²) >= 11 is 5.70. The highest BCUT2D eigenvalue weighted by atomic mass is 35.5. The number of hydrogen-bond acceptors (Lipinski definition) is 3. The lowest BCUT2D eigenvalue weighted by molar-refractivity contribution is -0.586. The molecule has 0 saturated heterocycles. The van der Waals surface area contributed by atoms with Crippen molar-refractivity contribution >= 4 is 22.6 Å². The summed E-state index contributed by atoms with van der Waals surface area (Å²) < 4.78 is 0.401. The molecule has 2 aromatic rings. The van der Waals surface area contributed by atoms with Crippen LogP contribution in [0.3, 0.4) is 0 Å². The SMILES string of the molecule is [O-][n+]1c(O)cnc2cc(Cl)ccc21. The van der Waals surface area contributed by atoms with Gasteiger partial charge in [0.25, 0.3) is 0 Å². The molecule has 0 aliphatic carbocycles. The van der Waals surface area contributed by atoms with Gasteiger partial charge in [-0.25, -0.2) is 4.98 Å². The first kappa shape index (κ1) is 8.07. The standard InChI is InChI=1S/C8H5ClN2O2/c9-5-1-2-7-6(3-5)10-4-8(12)11(7)13/h1-4,12H. The summed E-state index contributed by atoms with van der Waals surface area (Å²) in [6.07, 6.45) is 1.09. The van der Waals surface area contributed by atoms with Crippen LogP contribution in [0.25, 0.3) is 11.0 Å². The molecule has 0 spiro atoms. The highest BCUT2D eigenvalue weighted by Gasteiger charge is 2.09. The number of halogens is 1. The van der Waals surface area contributed by atoms with Crippen molar-refractivity contribution in [3.8, 4) is 5.88 Å². The second-order valence-electron chi connectivity index (χ2n) is 2.54. The van der Waals surface area contributed by atoms with Crippen LogP contribution in [0, 0.1) is 5.21 Å². The number of fused-ring (bicyclic) bond motifs is 1. The van der Waals surface area contributed by atoms with E-state index in [1.165, 1.54) is 6.07 Å². The predicted molar refractivity (Wildman–Crippen MR) is 47.4 cm³/mol. The number of benzene rings is 1. The minimum absolute atomic E-state index is 0.296. The van der Waals surface area contributed by atoms with E-state index in [9.17, 15) is 5.21 Å². The smallest absolute Gasteiger partial charge is 0.396 e. The van der Waals surface area contributed by atoms with E-state index in [0.29, 0.717) is 20.8 Å². The predicted octanol–water partition coefficient (Wildman–Crippen LogP) is 1.23. The highest BCUT2D eigenvalue weighted by Crippen LogP contribution is 2.15. The van der Waals surface area contributed by atoms with Crippen LogP contribution in [0.1, 0.15) is 0 Å². The number of rotatable bonds is 0. The fourth-order valence-corrected chi connectivity index (χ4v) is 1.24. The van der Waals surface area contributed by atoms with Gasteiger partial charge in [-0.15, -0.1) is 4.73 Å². The maximum Gasteiger partial charge on any atom is 0.396 e. The van der Waals surface area contributed by atoms with Gasteiger partial charge < -0.3 is 10.3 Å². The molecule has 1 N–H and O–H groups in total. The summed E-state index contributed by atoms with van der Waals surface area (Å²) in [4.78, 5) is 3.85. The summed E-state index contributed by atoms with van der Waals surface area (Å²) in [5.41, 5.74) is 0.754. The average molecular weight is 197 g/mol. The third kappa shape index (κ3) is 1.25. The van der Waals surface area contributed by atoms with Crippen molar-refractivity contribution in [3.63, 3.8) is 0 Å². The van der Waals surface area contributed by atoms with Crippen molar-refractivity contribution in [2.24, 2.45) is 0 Å². The van der Waals surface area contributed by atoms with E-state index >= 15 is 0 Å². The molecule has 0 amide bonds. The maximum atomic E-state index is 11.2. The first-order chi connectivity index (χ1) is 6.18. The van der Waals surface area contributed by atoms with Crippen molar-refractivity contribution in [1.82, 2.24) is 4.98 Å². The molecule has 2 rings (SSSR count). The van der Waals surface area contributed by atoms with Crippen LogP contribution >= 0.6 is 11.6 Å². The third-order valence-electron chi connectivity index (χ3n) is 1.68. The van der Waals surface area contributed by atoms with Gasteiger partial charge in [-0.2, -0.15) is 0 Å². The lowest BCUT2D eigenvalue weighted by Crippen LogP contribution is -2.27. The van der Waals surface area contributed by atoms with Gasteiger partial charge in [0.2, 0.25) is 5.52 Å². The highest BCUT2D eigenvalue weighted by molar-refractivity contribution is 6.31. The topological polar surface area (TPSA) is 60.1 Å². The fourth-order valence-electron chi connectivity index (χ4n) is 1.07. The minimum atomic E-state index is -0.421.